The molecule has 21 heavy (non-hydrogen) atoms. The highest BCUT2D eigenvalue weighted by molar-refractivity contribution is 5.97. The maximum Gasteiger partial charge on any atom is 0.246 e. The van der Waals surface area contributed by atoms with E-state index in [1.165, 1.54) is 12.8 Å². The first-order valence-electron chi connectivity index (χ1n) is 8.61. The molecule has 4 nitrogen and oxygen atoms in total. The fourth-order valence-electron chi connectivity index (χ4n) is 4.12. The van der Waals surface area contributed by atoms with E-state index in [1.54, 1.807) is 0 Å². The highest BCUT2D eigenvalue weighted by Gasteiger charge is 2.52. The molecule has 0 bridgehead atoms. The van der Waals surface area contributed by atoms with Crippen molar-refractivity contribution in [1.29, 1.82) is 0 Å². The molecule has 0 aromatic heterocycles. The van der Waals surface area contributed by atoms with E-state index in [0.29, 0.717) is 5.92 Å². The van der Waals surface area contributed by atoms with Crippen LogP contribution in [0.25, 0.3) is 0 Å². The number of piperazine rings is 1. The third-order valence-corrected chi connectivity index (χ3v) is 6.00. The monoisotopic (exact) mass is 292 g/mol. The van der Waals surface area contributed by atoms with Gasteiger partial charge in [-0.25, -0.2) is 0 Å². The Labute approximate surface area is 127 Å². The van der Waals surface area contributed by atoms with Crippen molar-refractivity contribution in [3.8, 4) is 0 Å². The summed E-state index contributed by atoms with van der Waals surface area (Å²) in [5.41, 5.74) is 0.278. The van der Waals surface area contributed by atoms with Gasteiger partial charge in [-0.05, 0) is 49.9 Å². The standard InChI is InChI=1S/C17H28N2O2/c1-4-13-15(20)18-10-6-5-7-14(18)16(21)19(13)11-17(8-9-17)12(2)3/h12-14H,4-11H2,1-3H3. The molecule has 0 aromatic rings. The van der Waals surface area contributed by atoms with Crippen LogP contribution in [-0.2, 0) is 9.59 Å². The molecule has 2 unspecified atom stereocenters. The van der Waals surface area contributed by atoms with Crippen LogP contribution in [0, 0.1) is 11.3 Å². The second-order valence-corrected chi connectivity index (χ2v) is 7.45. The fraction of sp³-hybridized carbons (Fsp3) is 0.882. The molecular formula is C17H28N2O2. The molecule has 2 atom stereocenters. The minimum absolute atomic E-state index is 0.169. The number of rotatable bonds is 4. The number of amides is 2. The highest BCUT2D eigenvalue weighted by atomic mass is 16.2. The summed E-state index contributed by atoms with van der Waals surface area (Å²) in [5.74, 6) is 0.997. The van der Waals surface area contributed by atoms with E-state index in [2.05, 4.69) is 13.8 Å². The number of piperidine rings is 1. The van der Waals surface area contributed by atoms with Gasteiger partial charge in [0.25, 0.3) is 0 Å². The summed E-state index contributed by atoms with van der Waals surface area (Å²) in [5, 5.41) is 0. The lowest BCUT2D eigenvalue weighted by atomic mass is 9.88. The molecule has 2 aliphatic heterocycles. The smallest absolute Gasteiger partial charge is 0.246 e. The molecule has 0 N–H and O–H groups in total. The molecule has 0 radical (unpaired) electrons. The van der Waals surface area contributed by atoms with Crippen LogP contribution >= 0.6 is 0 Å². The number of fused-ring (bicyclic) bond motifs is 1. The Kier molecular flexibility index (Phi) is 3.74. The van der Waals surface area contributed by atoms with Crippen molar-refractivity contribution in [3.63, 3.8) is 0 Å². The Morgan fingerprint density at radius 2 is 1.90 bits per heavy atom. The summed E-state index contributed by atoms with van der Waals surface area (Å²) >= 11 is 0. The average molecular weight is 292 g/mol. The Morgan fingerprint density at radius 3 is 2.48 bits per heavy atom. The Bertz CT molecular complexity index is 442. The van der Waals surface area contributed by atoms with Gasteiger partial charge >= 0.3 is 0 Å². The van der Waals surface area contributed by atoms with Gasteiger partial charge < -0.3 is 9.80 Å². The molecule has 2 saturated heterocycles. The quantitative estimate of drug-likeness (QED) is 0.798. The van der Waals surface area contributed by atoms with E-state index >= 15 is 0 Å². The van der Waals surface area contributed by atoms with Crippen molar-refractivity contribution in [2.24, 2.45) is 11.3 Å². The molecule has 3 fully saturated rings. The maximum atomic E-state index is 12.9. The molecule has 118 valence electrons. The van der Waals surface area contributed by atoms with E-state index in [4.69, 9.17) is 0 Å². The van der Waals surface area contributed by atoms with Gasteiger partial charge in [-0.3, -0.25) is 9.59 Å². The average Bonchev–Trinajstić information content (AvgIpc) is 3.26. The summed E-state index contributed by atoms with van der Waals surface area (Å²) < 4.78 is 0. The van der Waals surface area contributed by atoms with Gasteiger partial charge in [-0.2, -0.15) is 0 Å². The fourth-order valence-corrected chi connectivity index (χ4v) is 4.12. The molecule has 0 spiro atoms. The lowest BCUT2D eigenvalue weighted by molar-refractivity contribution is -0.165. The summed E-state index contributed by atoms with van der Waals surface area (Å²) in [6.07, 6.45) is 6.11. The second kappa shape index (κ2) is 5.29. The number of carbonyl (C=O) groups is 2. The van der Waals surface area contributed by atoms with E-state index in [9.17, 15) is 9.59 Å². The van der Waals surface area contributed by atoms with Gasteiger partial charge in [0.1, 0.15) is 12.1 Å². The topological polar surface area (TPSA) is 40.6 Å². The van der Waals surface area contributed by atoms with Crippen molar-refractivity contribution in [1.82, 2.24) is 9.80 Å². The number of hydrogen-bond acceptors (Lipinski definition) is 2. The molecule has 3 aliphatic rings. The molecule has 1 saturated carbocycles. The summed E-state index contributed by atoms with van der Waals surface area (Å²) in [7, 11) is 0. The second-order valence-electron chi connectivity index (χ2n) is 7.45. The minimum Gasteiger partial charge on any atom is -0.329 e. The van der Waals surface area contributed by atoms with Gasteiger partial charge in [-0.1, -0.05) is 20.8 Å². The van der Waals surface area contributed by atoms with Crippen molar-refractivity contribution in [3.05, 3.63) is 0 Å². The third-order valence-electron chi connectivity index (χ3n) is 6.00. The molecule has 2 heterocycles. The van der Waals surface area contributed by atoms with E-state index in [-0.39, 0.29) is 29.3 Å². The normalized spacial score (nSPS) is 31.6. The van der Waals surface area contributed by atoms with E-state index in [1.807, 2.05) is 16.7 Å². The third kappa shape index (κ3) is 2.36. The van der Waals surface area contributed by atoms with E-state index in [0.717, 1.165) is 38.8 Å². The van der Waals surface area contributed by atoms with Crippen molar-refractivity contribution >= 4 is 11.8 Å². The summed E-state index contributed by atoms with van der Waals surface area (Å²) in [6.45, 7) is 8.09. The van der Waals surface area contributed by atoms with Crippen molar-refractivity contribution in [2.45, 2.75) is 71.4 Å². The van der Waals surface area contributed by atoms with Gasteiger partial charge in [0, 0.05) is 13.1 Å². The predicted octanol–water partition coefficient (Wildman–Crippen LogP) is 2.42. The van der Waals surface area contributed by atoms with Crippen LogP contribution in [-0.4, -0.2) is 46.8 Å². The number of nitrogens with zero attached hydrogens (tertiary/aromatic N) is 2. The molecule has 2 amide bonds. The van der Waals surface area contributed by atoms with Crippen LogP contribution in [0.3, 0.4) is 0 Å². The zero-order valence-electron chi connectivity index (χ0n) is 13.6. The largest absolute Gasteiger partial charge is 0.329 e. The lowest BCUT2D eigenvalue weighted by Gasteiger charge is -2.48. The molecule has 1 aliphatic carbocycles. The first kappa shape index (κ1) is 14.9. The van der Waals surface area contributed by atoms with Crippen LogP contribution in [0.15, 0.2) is 0 Å². The highest BCUT2D eigenvalue weighted by Crippen LogP contribution is 2.53. The Hall–Kier alpha value is -1.06. The van der Waals surface area contributed by atoms with Crippen molar-refractivity contribution in [2.75, 3.05) is 13.1 Å². The molecule has 3 rings (SSSR count). The van der Waals surface area contributed by atoms with Gasteiger partial charge in [0.2, 0.25) is 11.8 Å². The molecular weight excluding hydrogens is 264 g/mol. The van der Waals surface area contributed by atoms with Gasteiger partial charge in [0.05, 0.1) is 0 Å². The predicted molar refractivity (Wildman–Crippen MR) is 81.6 cm³/mol. The molecule has 4 heteroatoms. The lowest BCUT2D eigenvalue weighted by Crippen LogP contribution is -2.66. The zero-order valence-corrected chi connectivity index (χ0v) is 13.6. The number of carbonyl (C=O) groups excluding carboxylic acids is 2. The van der Waals surface area contributed by atoms with Crippen LogP contribution in [0.4, 0.5) is 0 Å². The summed E-state index contributed by atoms with van der Waals surface area (Å²) in [6, 6.07) is -0.389. The zero-order chi connectivity index (χ0) is 15.2. The SMILES string of the molecule is CCC1C(=O)N2CCCCC2C(=O)N1CC1(C(C)C)CC1. The van der Waals surface area contributed by atoms with Gasteiger partial charge in [-0.15, -0.1) is 0 Å². The minimum atomic E-state index is -0.219. The Balaban J connectivity index is 1.83. The van der Waals surface area contributed by atoms with E-state index < -0.39 is 0 Å². The van der Waals surface area contributed by atoms with Crippen LogP contribution in [0.5, 0.6) is 0 Å². The first-order chi connectivity index (χ1) is 10.00. The summed E-state index contributed by atoms with van der Waals surface area (Å²) in [4.78, 5) is 29.5. The molecule has 0 aromatic carbocycles. The van der Waals surface area contributed by atoms with Crippen LogP contribution in [0.1, 0.15) is 59.3 Å². The van der Waals surface area contributed by atoms with Gasteiger partial charge in [0.15, 0.2) is 0 Å². The van der Waals surface area contributed by atoms with Crippen LogP contribution in [0.2, 0.25) is 0 Å². The van der Waals surface area contributed by atoms with Crippen molar-refractivity contribution < 1.29 is 9.59 Å². The first-order valence-corrected chi connectivity index (χ1v) is 8.61. The maximum absolute atomic E-state index is 12.9. The Morgan fingerprint density at radius 1 is 1.19 bits per heavy atom. The van der Waals surface area contributed by atoms with Crippen LogP contribution < -0.4 is 0 Å². The number of hydrogen-bond donors (Lipinski definition) is 0.